The van der Waals surface area contributed by atoms with Gasteiger partial charge in [0.15, 0.2) is 0 Å². The summed E-state index contributed by atoms with van der Waals surface area (Å²) < 4.78 is 26.2. The van der Waals surface area contributed by atoms with E-state index in [1.807, 2.05) is 0 Å². The van der Waals surface area contributed by atoms with Gasteiger partial charge >= 0.3 is 0 Å². The first-order chi connectivity index (χ1) is 7.93. The molecule has 0 radical (unpaired) electrons. The lowest BCUT2D eigenvalue weighted by Crippen LogP contribution is -2.29. The van der Waals surface area contributed by atoms with Gasteiger partial charge in [-0.15, -0.1) is 0 Å². The van der Waals surface area contributed by atoms with Crippen molar-refractivity contribution < 1.29 is 8.42 Å². The highest BCUT2D eigenvalue weighted by Gasteiger charge is 2.35. The van der Waals surface area contributed by atoms with Crippen molar-refractivity contribution in [3.05, 3.63) is 18.5 Å². The molecule has 0 amide bonds. The molecule has 17 heavy (non-hydrogen) atoms. The van der Waals surface area contributed by atoms with Crippen molar-refractivity contribution in [2.45, 2.75) is 18.7 Å². The molecule has 1 aromatic rings. The third-order valence-corrected chi connectivity index (χ3v) is 5.26. The Labute approximate surface area is 102 Å². The standard InChI is InChI=1S/C11H17N3O2S/c1-8-6-14(7-9(8)2)17(15,16)11-5-13-4-3-10(11)12/h3-5,8-9H,6-7H2,1-2H3,(H2,12,13). The number of sulfonamides is 1. The van der Waals surface area contributed by atoms with Gasteiger partial charge in [0.05, 0.1) is 5.69 Å². The van der Waals surface area contributed by atoms with Gasteiger partial charge in [-0.3, -0.25) is 4.98 Å². The maximum Gasteiger partial charge on any atom is 0.246 e. The number of hydrogen-bond acceptors (Lipinski definition) is 4. The summed E-state index contributed by atoms with van der Waals surface area (Å²) in [6.45, 7) is 5.23. The van der Waals surface area contributed by atoms with Crippen molar-refractivity contribution in [1.82, 2.24) is 9.29 Å². The number of nitrogens with two attached hydrogens (primary N) is 1. The van der Waals surface area contributed by atoms with Crippen LogP contribution in [-0.4, -0.2) is 30.8 Å². The molecule has 1 saturated heterocycles. The second-order valence-electron chi connectivity index (χ2n) is 4.69. The van der Waals surface area contributed by atoms with Crippen molar-refractivity contribution >= 4 is 15.7 Å². The lowest BCUT2D eigenvalue weighted by atomic mass is 10.0. The van der Waals surface area contributed by atoms with Gasteiger partial charge in [-0.05, 0) is 17.9 Å². The highest BCUT2D eigenvalue weighted by atomic mass is 32.2. The van der Waals surface area contributed by atoms with Gasteiger partial charge in [0.2, 0.25) is 10.0 Å². The van der Waals surface area contributed by atoms with Crippen molar-refractivity contribution in [3.63, 3.8) is 0 Å². The number of rotatable bonds is 2. The van der Waals surface area contributed by atoms with Gasteiger partial charge in [0.25, 0.3) is 0 Å². The first-order valence-corrected chi connectivity index (χ1v) is 7.06. The van der Waals surface area contributed by atoms with Crippen LogP contribution in [0.3, 0.4) is 0 Å². The van der Waals surface area contributed by atoms with Crippen molar-refractivity contribution in [2.75, 3.05) is 18.8 Å². The Morgan fingerprint density at radius 1 is 1.35 bits per heavy atom. The van der Waals surface area contributed by atoms with E-state index in [-0.39, 0.29) is 10.6 Å². The maximum absolute atomic E-state index is 12.4. The predicted molar refractivity (Wildman–Crippen MR) is 65.7 cm³/mol. The first kappa shape index (κ1) is 12.3. The molecule has 0 aliphatic carbocycles. The van der Waals surface area contributed by atoms with E-state index >= 15 is 0 Å². The Bertz CT molecular complexity index is 505. The number of nitrogen functional groups attached to an aromatic ring is 1. The molecule has 2 heterocycles. The van der Waals surface area contributed by atoms with Crippen molar-refractivity contribution in [3.8, 4) is 0 Å². The van der Waals surface area contributed by atoms with Crippen LogP contribution in [0.2, 0.25) is 0 Å². The van der Waals surface area contributed by atoms with Gasteiger partial charge in [-0.2, -0.15) is 4.31 Å². The molecule has 5 nitrogen and oxygen atoms in total. The molecule has 2 N–H and O–H groups in total. The summed E-state index contributed by atoms with van der Waals surface area (Å²) in [5, 5.41) is 0. The van der Waals surface area contributed by atoms with E-state index in [4.69, 9.17) is 5.73 Å². The number of pyridine rings is 1. The molecule has 2 unspecified atom stereocenters. The van der Waals surface area contributed by atoms with Crippen LogP contribution in [-0.2, 0) is 10.0 Å². The van der Waals surface area contributed by atoms with Crippen LogP contribution in [0.1, 0.15) is 13.8 Å². The number of hydrogen-bond donors (Lipinski definition) is 1. The number of aromatic nitrogens is 1. The summed E-state index contributed by atoms with van der Waals surface area (Å²) in [5.41, 5.74) is 5.95. The van der Waals surface area contributed by atoms with E-state index in [1.165, 1.54) is 22.8 Å². The largest absolute Gasteiger partial charge is 0.398 e. The Morgan fingerprint density at radius 3 is 2.47 bits per heavy atom. The molecule has 2 atom stereocenters. The Kier molecular flexibility index (Phi) is 3.09. The first-order valence-electron chi connectivity index (χ1n) is 5.62. The molecule has 2 rings (SSSR count). The van der Waals surface area contributed by atoms with Gasteiger partial charge in [-0.1, -0.05) is 13.8 Å². The van der Waals surface area contributed by atoms with Crippen LogP contribution in [0.15, 0.2) is 23.4 Å². The van der Waals surface area contributed by atoms with Crippen molar-refractivity contribution in [1.29, 1.82) is 0 Å². The fourth-order valence-corrected chi connectivity index (χ4v) is 3.72. The second-order valence-corrected chi connectivity index (χ2v) is 6.60. The summed E-state index contributed by atoms with van der Waals surface area (Å²) in [7, 11) is -3.49. The van der Waals surface area contributed by atoms with Gasteiger partial charge < -0.3 is 5.73 Å². The van der Waals surface area contributed by atoms with Crippen LogP contribution in [0, 0.1) is 11.8 Å². The highest BCUT2D eigenvalue weighted by Crippen LogP contribution is 2.29. The van der Waals surface area contributed by atoms with Crippen LogP contribution in [0.5, 0.6) is 0 Å². The summed E-state index contributed by atoms with van der Waals surface area (Å²) in [6, 6.07) is 1.51. The van der Waals surface area contributed by atoms with E-state index in [1.54, 1.807) is 0 Å². The molecule has 1 aliphatic rings. The summed E-state index contributed by atoms with van der Waals surface area (Å²) >= 11 is 0. The fourth-order valence-electron chi connectivity index (χ4n) is 2.02. The Balaban J connectivity index is 2.36. The zero-order valence-corrected chi connectivity index (χ0v) is 10.8. The van der Waals surface area contributed by atoms with Gasteiger partial charge in [-0.25, -0.2) is 8.42 Å². The fraction of sp³-hybridized carbons (Fsp3) is 0.545. The van der Waals surface area contributed by atoms with E-state index in [0.29, 0.717) is 24.9 Å². The lowest BCUT2D eigenvalue weighted by Gasteiger charge is -2.16. The zero-order chi connectivity index (χ0) is 12.6. The maximum atomic E-state index is 12.4. The molecule has 0 saturated carbocycles. The molecule has 0 aromatic carbocycles. The number of nitrogens with zero attached hydrogens (tertiary/aromatic N) is 2. The summed E-state index contributed by atoms with van der Waals surface area (Å²) in [4.78, 5) is 3.95. The average molecular weight is 255 g/mol. The smallest absolute Gasteiger partial charge is 0.246 e. The lowest BCUT2D eigenvalue weighted by molar-refractivity contribution is 0.463. The minimum atomic E-state index is -3.49. The van der Waals surface area contributed by atoms with E-state index in [9.17, 15) is 8.42 Å². The normalized spacial score (nSPS) is 26.2. The molecule has 0 bridgehead atoms. The monoisotopic (exact) mass is 255 g/mol. The second kappa shape index (κ2) is 4.27. The van der Waals surface area contributed by atoms with Crippen LogP contribution < -0.4 is 5.73 Å². The summed E-state index contributed by atoms with van der Waals surface area (Å²) in [6.07, 6.45) is 2.81. The van der Waals surface area contributed by atoms with E-state index < -0.39 is 10.0 Å². The molecular formula is C11H17N3O2S. The van der Waals surface area contributed by atoms with Gasteiger partial charge in [0, 0.05) is 25.5 Å². The van der Waals surface area contributed by atoms with Crippen LogP contribution in [0.25, 0.3) is 0 Å². The SMILES string of the molecule is CC1CN(S(=O)(=O)c2cnccc2N)CC1C. The van der Waals surface area contributed by atoms with Crippen molar-refractivity contribution in [2.24, 2.45) is 11.8 Å². The number of anilines is 1. The Hall–Kier alpha value is -1.14. The third kappa shape index (κ3) is 2.14. The quantitative estimate of drug-likeness (QED) is 0.853. The highest BCUT2D eigenvalue weighted by molar-refractivity contribution is 7.89. The summed E-state index contributed by atoms with van der Waals surface area (Å²) in [5.74, 6) is 0.755. The Morgan fingerprint density at radius 2 is 1.94 bits per heavy atom. The van der Waals surface area contributed by atoms with Crippen LogP contribution in [0.4, 0.5) is 5.69 Å². The topological polar surface area (TPSA) is 76.3 Å². The van der Waals surface area contributed by atoms with E-state index in [0.717, 1.165) is 0 Å². The molecule has 1 aromatic heterocycles. The van der Waals surface area contributed by atoms with E-state index in [2.05, 4.69) is 18.8 Å². The molecule has 94 valence electrons. The zero-order valence-electron chi connectivity index (χ0n) is 10.00. The molecule has 1 fully saturated rings. The third-order valence-electron chi connectivity index (χ3n) is 3.39. The average Bonchev–Trinajstić information content (AvgIpc) is 2.60. The molecular weight excluding hydrogens is 238 g/mol. The molecule has 1 aliphatic heterocycles. The minimum Gasteiger partial charge on any atom is -0.398 e. The van der Waals surface area contributed by atoms with Crippen LogP contribution >= 0.6 is 0 Å². The predicted octanol–water partition coefficient (Wildman–Crippen LogP) is 0.940. The minimum absolute atomic E-state index is 0.112. The molecule has 0 spiro atoms. The van der Waals surface area contributed by atoms with Gasteiger partial charge in [0.1, 0.15) is 4.90 Å². The molecule has 6 heteroatoms.